The van der Waals surface area contributed by atoms with Gasteiger partial charge in [-0.3, -0.25) is 4.98 Å². The minimum atomic E-state index is 0.132. The van der Waals surface area contributed by atoms with E-state index in [4.69, 9.17) is 4.98 Å². The van der Waals surface area contributed by atoms with Crippen LogP contribution in [0.25, 0.3) is 10.9 Å². The lowest BCUT2D eigenvalue weighted by Crippen LogP contribution is -2.44. The lowest BCUT2D eigenvalue weighted by Gasteiger charge is -2.34. The van der Waals surface area contributed by atoms with E-state index in [2.05, 4.69) is 68.8 Å². The zero-order valence-corrected chi connectivity index (χ0v) is 14.5. The molecule has 1 fully saturated rings. The minimum Gasteiger partial charge on any atom is -0.367 e. The summed E-state index contributed by atoms with van der Waals surface area (Å²) in [5, 5.41) is 1.30. The third kappa shape index (κ3) is 2.82. The van der Waals surface area contributed by atoms with Gasteiger partial charge in [-0.25, -0.2) is 0 Å². The summed E-state index contributed by atoms with van der Waals surface area (Å²) in [6, 6.07) is 8.88. The first-order valence-corrected chi connectivity index (χ1v) is 8.20. The second kappa shape index (κ2) is 5.54. The molecule has 22 heavy (non-hydrogen) atoms. The zero-order chi connectivity index (χ0) is 15.9. The predicted octanol–water partition coefficient (Wildman–Crippen LogP) is 3.59. The first-order chi connectivity index (χ1) is 10.4. The highest BCUT2D eigenvalue weighted by Crippen LogP contribution is 2.34. The Kier molecular flexibility index (Phi) is 3.85. The van der Waals surface area contributed by atoms with Crippen molar-refractivity contribution in [2.45, 2.75) is 33.1 Å². The highest BCUT2D eigenvalue weighted by molar-refractivity contribution is 5.94. The molecule has 0 N–H and O–H groups in total. The first-order valence-electron chi connectivity index (χ1n) is 8.20. The normalized spacial score (nSPS) is 17.2. The van der Waals surface area contributed by atoms with Crippen molar-refractivity contribution < 1.29 is 0 Å². The predicted molar refractivity (Wildman–Crippen MR) is 94.9 cm³/mol. The van der Waals surface area contributed by atoms with Crippen LogP contribution in [-0.4, -0.2) is 43.1 Å². The molecule has 3 nitrogen and oxygen atoms in total. The van der Waals surface area contributed by atoms with Crippen LogP contribution in [0, 0.1) is 6.92 Å². The smallest absolute Gasteiger partial charge is 0.0941 e. The average Bonchev–Trinajstić information content (AvgIpc) is 2.46. The van der Waals surface area contributed by atoms with Crippen molar-refractivity contribution in [1.29, 1.82) is 0 Å². The van der Waals surface area contributed by atoms with E-state index in [1.807, 2.05) is 0 Å². The monoisotopic (exact) mass is 297 g/mol. The minimum absolute atomic E-state index is 0.132. The van der Waals surface area contributed by atoms with Crippen LogP contribution in [0.3, 0.4) is 0 Å². The van der Waals surface area contributed by atoms with E-state index in [9.17, 15) is 0 Å². The van der Waals surface area contributed by atoms with Gasteiger partial charge < -0.3 is 9.80 Å². The maximum atomic E-state index is 4.89. The number of aromatic nitrogens is 1. The highest BCUT2D eigenvalue weighted by atomic mass is 15.2. The number of piperazine rings is 1. The second-order valence-corrected chi connectivity index (χ2v) is 7.52. The van der Waals surface area contributed by atoms with E-state index in [1.54, 1.807) is 0 Å². The molecule has 2 aromatic rings. The fourth-order valence-electron chi connectivity index (χ4n) is 3.28. The average molecular weight is 297 g/mol. The number of anilines is 1. The Hall–Kier alpha value is -1.61. The molecule has 0 amide bonds. The largest absolute Gasteiger partial charge is 0.367 e. The van der Waals surface area contributed by atoms with Crippen molar-refractivity contribution in [3.63, 3.8) is 0 Å². The van der Waals surface area contributed by atoms with E-state index < -0.39 is 0 Å². The summed E-state index contributed by atoms with van der Waals surface area (Å²) in [5.74, 6) is 0. The quantitative estimate of drug-likeness (QED) is 0.802. The highest BCUT2D eigenvalue weighted by Gasteiger charge is 2.21. The Morgan fingerprint density at radius 1 is 1.05 bits per heavy atom. The Morgan fingerprint density at radius 2 is 1.73 bits per heavy atom. The van der Waals surface area contributed by atoms with Gasteiger partial charge in [0.2, 0.25) is 0 Å². The summed E-state index contributed by atoms with van der Waals surface area (Å²) in [6.45, 7) is 13.3. The standard InChI is InChI=1S/C19H27N3/c1-14-13-16(19(2,3)4)15-7-6-8-17(18(15)20-14)22-11-9-21(5)10-12-22/h6-8,13H,9-12H2,1-5H3. The van der Waals surface area contributed by atoms with Crippen LogP contribution in [-0.2, 0) is 5.41 Å². The maximum Gasteiger partial charge on any atom is 0.0941 e. The summed E-state index contributed by atoms with van der Waals surface area (Å²) < 4.78 is 0. The van der Waals surface area contributed by atoms with Crippen molar-refractivity contribution in [1.82, 2.24) is 9.88 Å². The number of hydrogen-bond acceptors (Lipinski definition) is 3. The van der Waals surface area contributed by atoms with Gasteiger partial charge in [0.25, 0.3) is 0 Å². The van der Waals surface area contributed by atoms with Crippen LogP contribution in [0.2, 0.25) is 0 Å². The van der Waals surface area contributed by atoms with Gasteiger partial charge in [0, 0.05) is 37.3 Å². The first kappa shape index (κ1) is 15.3. The molecule has 1 aliphatic heterocycles. The third-order valence-electron chi connectivity index (χ3n) is 4.60. The summed E-state index contributed by atoms with van der Waals surface area (Å²) >= 11 is 0. The molecule has 0 bridgehead atoms. The molecule has 3 rings (SSSR count). The molecular weight excluding hydrogens is 270 g/mol. The molecule has 0 saturated carbocycles. The Bertz CT molecular complexity index is 677. The third-order valence-corrected chi connectivity index (χ3v) is 4.60. The second-order valence-electron chi connectivity index (χ2n) is 7.52. The molecule has 0 aliphatic carbocycles. The number of benzene rings is 1. The number of nitrogens with zero attached hydrogens (tertiary/aromatic N) is 3. The van der Waals surface area contributed by atoms with Crippen molar-refractivity contribution in [2.24, 2.45) is 0 Å². The van der Waals surface area contributed by atoms with E-state index in [1.165, 1.54) is 16.6 Å². The number of likely N-dealkylation sites (N-methyl/N-ethyl adjacent to an activating group) is 1. The van der Waals surface area contributed by atoms with Gasteiger partial charge in [-0.1, -0.05) is 32.9 Å². The maximum absolute atomic E-state index is 4.89. The van der Waals surface area contributed by atoms with Crippen LogP contribution in [0.15, 0.2) is 24.3 Å². The summed E-state index contributed by atoms with van der Waals surface area (Å²) in [7, 11) is 2.19. The zero-order valence-electron chi connectivity index (χ0n) is 14.5. The topological polar surface area (TPSA) is 19.4 Å². The molecule has 0 spiro atoms. The van der Waals surface area contributed by atoms with Gasteiger partial charge in [-0.05, 0) is 37.1 Å². The number of hydrogen-bond donors (Lipinski definition) is 0. The van der Waals surface area contributed by atoms with E-state index in [-0.39, 0.29) is 5.41 Å². The molecule has 1 aliphatic rings. The van der Waals surface area contributed by atoms with Crippen LogP contribution >= 0.6 is 0 Å². The van der Waals surface area contributed by atoms with Gasteiger partial charge in [0.1, 0.15) is 0 Å². The van der Waals surface area contributed by atoms with E-state index in [0.29, 0.717) is 0 Å². The molecular formula is C19H27N3. The molecule has 2 heterocycles. The molecule has 0 atom stereocenters. The Morgan fingerprint density at radius 3 is 2.36 bits per heavy atom. The van der Waals surface area contributed by atoms with E-state index in [0.717, 1.165) is 37.4 Å². The molecule has 118 valence electrons. The molecule has 1 saturated heterocycles. The van der Waals surface area contributed by atoms with Crippen molar-refractivity contribution >= 4 is 16.6 Å². The molecule has 0 unspecified atom stereocenters. The van der Waals surface area contributed by atoms with Crippen LogP contribution < -0.4 is 4.90 Å². The number of rotatable bonds is 1. The van der Waals surface area contributed by atoms with Gasteiger partial charge in [-0.2, -0.15) is 0 Å². The lowest BCUT2D eigenvalue weighted by molar-refractivity contribution is 0.313. The molecule has 0 radical (unpaired) electrons. The summed E-state index contributed by atoms with van der Waals surface area (Å²) in [5.41, 5.74) is 5.09. The van der Waals surface area contributed by atoms with Crippen LogP contribution in [0.4, 0.5) is 5.69 Å². The van der Waals surface area contributed by atoms with Crippen LogP contribution in [0.1, 0.15) is 32.0 Å². The SMILES string of the molecule is Cc1cc(C(C)(C)C)c2cccc(N3CCN(C)CC3)c2n1. The lowest BCUT2D eigenvalue weighted by atomic mass is 9.84. The fraction of sp³-hybridized carbons (Fsp3) is 0.526. The Balaban J connectivity index is 2.15. The van der Waals surface area contributed by atoms with Gasteiger partial charge in [0.05, 0.1) is 11.2 Å². The van der Waals surface area contributed by atoms with Gasteiger partial charge >= 0.3 is 0 Å². The van der Waals surface area contributed by atoms with Crippen molar-refractivity contribution in [3.8, 4) is 0 Å². The summed E-state index contributed by atoms with van der Waals surface area (Å²) in [6.07, 6.45) is 0. The number of para-hydroxylation sites is 1. The Labute approximate surface area is 133 Å². The van der Waals surface area contributed by atoms with Crippen LogP contribution in [0.5, 0.6) is 0 Å². The fourth-order valence-corrected chi connectivity index (χ4v) is 3.28. The van der Waals surface area contributed by atoms with Gasteiger partial charge in [0.15, 0.2) is 0 Å². The summed E-state index contributed by atoms with van der Waals surface area (Å²) in [4.78, 5) is 9.77. The number of aryl methyl sites for hydroxylation is 1. The number of pyridine rings is 1. The van der Waals surface area contributed by atoms with Gasteiger partial charge in [-0.15, -0.1) is 0 Å². The van der Waals surface area contributed by atoms with E-state index >= 15 is 0 Å². The van der Waals surface area contributed by atoms with Crippen molar-refractivity contribution in [2.75, 3.05) is 38.1 Å². The molecule has 1 aromatic heterocycles. The number of fused-ring (bicyclic) bond motifs is 1. The molecule has 3 heteroatoms. The molecule has 1 aromatic carbocycles. The van der Waals surface area contributed by atoms with Crippen molar-refractivity contribution in [3.05, 3.63) is 35.5 Å².